The van der Waals surface area contributed by atoms with Crippen molar-refractivity contribution in [1.29, 1.82) is 0 Å². The molecule has 0 spiro atoms. The second-order valence-corrected chi connectivity index (χ2v) is 6.59. The molecule has 0 aliphatic carbocycles. The van der Waals surface area contributed by atoms with Gasteiger partial charge in [-0.25, -0.2) is 13.8 Å². The number of halogens is 2. The van der Waals surface area contributed by atoms with Crippen molar-refractivity contribution in [3.8, 4) is 0 Å². The lowest BCUT2D eigenvalue weighted by Crippen LogP contribution is -2.16. The van der Waals surface area contributed by atoms with Gasteiger partial charge >= 0.3 is 0 Å². The molecule has 130 valence electrons. The Morgan fingerprint density at radius 2 is 2.04 bits per heavy atom. The highest BCUT2D eigenvalue weighted by molar-refractivity contribution is 7.99. The molecule has 1 amide bonds. The maximum Gasteiger partial charge on any atom is 0.234 e. The number of nitrogens with one attached hydrogen (secondary N) is 2. The standard InChI is InChI=1S/C18H17F2N3OS/c1-3-11-6-4-5-10(2)17(11)23-16(24)9-25-18-21-14-7-12(19)13(20)8-15(14)22-18/h4-8H,3,9H2,1-2H3,(H,21,22)(H,23,24). The lowest BCUT2D eigenvalue weighted by molar-refractivity contribution is -0.113. The Labute approximate surface area is 148 Å². The molecule has 4 nitrogen and oxygen atoms in total. The number of H-pyrrole nitrogens is 1. The largest absolute Gasteiger partial charge is 0.333 e. The second-order valence-electron chi connectivity index (χ2n) is 5.62. The van der Waals surface area contributed by atoms with Crippen LogP contribution in [0.25, 0.3) is 11.0 Å². The Bertz CT molecular complexity index is 900. The van der Waals surface area contributed by atoms with E-state index in [4.69, 9.17) is 0 Å². The molecule has 0 aliphatic rings. The van der Waals surface area contributed by atoms with E-state index in [1.165, 1.54) is 11.8 Å². The van der Waals surface area contributed by atoms with Gasteiger partial charge in [0.05, 0.1) is 16.8 Å². The fraction of sp³-hybridized carbons (Fsp3) is 0.222. The van der Waals surface area contributed by atoms with Crippen molar-refractivity contribution in [3.05, 3.63) is 53.1 Å². The summed E-state index contributed by atoms with van der Waals surface area (Å²) < 4.78 is 26.5. The summed E-state index contributed by atoms with van der Waals surface area (Å²) in [4.78, 5) is 19.3. The molecule has 0 radical (unpaired) electrons. The molecule has 3 aromatic rings. The van der Waals surface area contributed by atoms with E-state index in [9.17, 15) is 13.6 Å². The van der Waals surface area contributed by atoms with Crippen LogP contribution in [0.3, 0.4) is 0 Å². The fourth-order valence-corrected chi connectivity index (χ4v) is 3.25. The van der Waals surface area contributed by atoms with Gasteiger partial charge in [-0.1, -0.05) is 36.9 Å². The zero-order valence-electron chi connectivity index (χ0n) is 13.8. The third-order valence-electron chi connectivity index (χ3n) is 3.85. The van der Waals surface area contributed by atoms with Gasteiger partial charge < -0.3 is 10.3 Å². The maximum absolute atomic E-state index is 13.2. The monoisotopic (exact) mass is 361 g/mol. The minimum atomic E-state index is -0.944. The van der Waals surface area contributed by atoms with E-state index in [0.717, 1.165) is 35.4 Å². The first-order chi connectivity index (χ1) is 12.0. The minimum Gasteiger partial charge on any atom is -0.333 e. The normalized spacial score (nSPS) is 11.0. The zero-order chi connectivity index (χ0) is 18.0. The van der Waals surface area contributed by atoms with E-state index in [1.807, 2.05) is 32.0 Å². The van der Waals surface area contributed by atoms with E-state index < -0.39 is 11.6 Å². The van der Waals surface area contributed by atoms with E-state index >= 15 is 0 Å². The number of hydrogen-bond acceptors (Lipinski definition) is 3. The Morgan fingerprint density at radius 1 is 1.28 bits per heavy atom. The van der Waals surface area contributed by atoms with Gasteiger partial charge in [-0.2, -0.15) is 0 Å². The van der Waals surface area contributed by atoms with Crippen LogP contribution in [0.4, 0.5) is 14.5 Å². The van der Waals surface area contributed by atoms with Crippen LogP contribution in [0.15, 0.2) is 35.5 Å². The number of rotatable bonds is 5. The summed E-state index contributed by atoms with van der Waals surface area (Å²) in [5, 5.41) is 3.37. The summed E-state index contributed by atoms with van der Waals surface area (Å²) in [6.07, 6.45) is 0.825. The Balaban J connectivity index is 1.69. The fourth-order valence-electron chi connectivity index (χ4n) is 2.56. The minimum absolute atomic E-state index is 0.141. The van der Waals surface area contributed by atoms with Gasteiger partial charge in [-0.15, -0.1) is 0 Å². The first-order valence-electron chi connectivity index (χ1n) is 7.84. The number of para-hydroxylation sites is 1. The SMILES string of the molecule is CCc1cccc(C)c1NC(=O)CSc1nc2cc(F)c(F)cc2[nH]1. The van der Waals surface area contributed by atoms with Crippen LogP contribution in [0, 0.1) is 18.6 Å². The summed E-state index contributed by atoms with van der Waals surface area (Å²) in [6.45, 7) is 3.98. The highest BCUT2D eigenvalue weighted by Gasteiger charge is 2.12. The molecule has 0 fully saturated rings. The number of aromatic nitrogens is 2. The van der Waals surface area contributed by atoms with Gasteiger partial charge in [-0.05, 0) is 24.5 Å². The average Bonchev–Trinajstić information content (AvgIpc) is 2.97. The number of nitrogens with zero attached hydrogens (tertiary/aromatic N) is 1. The number of fused-ring (bicyclic) bond motifs is 1. The predicted octanol–water partition coefficient (Wildman–Crippen LogP) is 4.44. The van der Waals surface area contributed by atoms with Crippen LogP contribution >= 0.6 is 11.8 Å². The highest BCUT2D eigenvalue weighted by Crippen LogP contribution is 2.24. The first kappa shape index (κ1) is 17.4. The molecule has 0 unspecified atom stereocenters. The van der Waals surface area contributed by atoms with Gasteiger partial charge in [0.25, 0.3) is 0 Å². The summed E-state index contributed by atoms with van der Waals surface area (Å²) in [6, 6.07) is 7.99. The Morgan fingerprint density at radius 3 is 2.80 bits per heavy atom. The lowest BCUT2D eigenvalue weighted by Gasteiger charge is -2.12. The van der Waals surface area contributed by atoms with Crippen molar-refractivity contribution < 1.29 is 13.6 Å². The molecule has 1 heterocycles. The van der Waals surface area contributed by atoms with Crippen LogP contribution in [0.5, 0.6) is 0 Å². The summed E-state index contributed by atoms with van der Waals surface area (Å²) >= 11 is 1.18. The van der Waals surface area contributed by atoms with Crippen molar-refractivity contribution in [2.24, 2.45) is 0 Å². The number of aryl methyl sites for hydroxylation is 2. The number of carbonyl (C=O) groups excluding carboxylic acids is 1. The Hall–Kier alpha value is -2.41. The molecule has 2 aromatic carbocycles. The lowest BCUT2D eigenvalue weighted by atomic mass is 10.1. The number of benzene rings is 2. The predicted molar refractivity (Wildman–Crippen MR) is 95.9 cm³/mol. The van der Waals surface area contributed by atoms with Gasteiger partial charge in [-0.3, -0.25) is 4.79 Å². The van der Waals surface area contributed by atoms with E-state index in [2.05, 4.69) is 15.3 Å². The molecule has 0 atom stereocenters. The van der Waals surface area contributed by atoms with Crippen LogP contribution in [-0.4, -0.2) is 21.6 Å². The Kier molecular flexibility index (Phi) is 5.03. The van der Waals surface area contributed by atoms with Crippen LogP contribution in [0.1, 0.15) is 18.1 Å². The van der Waals surface area contributed by atoms with Crippen LogP contribution < -0.4 is 5.32 Å². The first-order valence-corrected chi connectivity index (χ1v) is 8.82. The molecule has 0 bridgehead atoms. The maximum atomic E-state index is 13.2. The van der Waals surface area contributed by atoms with Gasteiger partial charge in [0.1, 0.15) is 0 Å². The van der Waals surface area contributed by atoms with E-state index in [-0.39, 0.29) is 11.7 Å². The van der Waals surface area contributed by atoms with E-state index in [1.54, 1.807) is 0 Å². The molecule has 25 heavy (non-hydrogen) atoms. The van der Waals surface area contributed by atoms with E-state index in [0.29, 0.717) is 16.2 Å². The molecule has 2 N–H and O–H groups in total. The van der Waals surface area contributed by atoms with Crippen molar-refractivity contribution in [3.63, 3.8) is 0 Å². The molecular weight excluding hydrogens is 344 g/mol. The van der Waals surface area contributed by atoms with Crippen molar-refractivity contribution >= 4 is 34.4 Å². The topological polar surface area (TPSA) is 57.8 Å². The highest BCUT2D eigenvalue weighted by atomic mass is 32.2. The van der Waals surface area contributed by atoms with Crippen LogP contribution in [0.2, 0.25) is 0 Å². The number of imidazole rings is 1. The van der Waals surface area contributed by atoms with Gasteiger partial charge in [0.2, 0.25) is 5.91 Å². The second kappa shape index (κ2) is 7.23. The summed E-state index contributed by atoms with van der Waals surface area (Å²) in [5.74, 6) is -1.90. The molecule has 0 saturated carbocycles. The third-order valence-corrected chi connectivity index (χ3v) is 4.72. The van der Waals surface area contributed by atoms with Crippen molar-refractivity contribution in [2.75, 3.05) is 11.1 Å². The molecular formula is C18H17F2N3OS. The zero-order valence-corrected chi connectivity index (χ0v) is 14.6. The summed E-state index contributed by atoms with van der Waals surface area (Å²) in [5.41, 5.74) is 3.65. The molecule has 3 rings (SSSR count). The summed E-state index contributed by atoms with van der Waals surface area (Å²) in [7, 11) is 0. The number of aromatic amines is 1. The molecule has 1 aromatic heterocycles. The van der Waals surface area contributed by atoms with Gasteiger partial charge in [0, 0.05) is 17.8 Å². The molecule has 0 aliphatic heterocycles. The number of amides is 1. The average molecular weight is 361 g/mol. The van der Waals surface area contributed by atoms with Crippen LogP contribution in [-0.2, 0) is 11.2 Å². The third kappa shape index (κ3) is 3.82. The molecule has 0 saturated heterocycles. The van der Waals surface area contributed by atoms with Gasteiger partial charge in [0.15, 0.2) is 16.8 Å². The van der Waals surface area contributed by atoms with Crippen molar-refractivity contribution in [1.82, 2.24) is 9.97 Å². The molecule has 7 heteroatoms. The number of hydrogen-bond donors (Lipinski definition) is 2. The quantitative estimate of drug-likeness (QED) is 0.661. The number of thioether (sulfide) groups is 1. The van der Waals surface area contributed by atoms with Crippen molar-refractivity contribution in [2.45, 2.75) is 25.4 Å². The number of anilines is 1. The number of carbonyl (C=O) groups is 1. The smallest absolute Gasteiger partial charge is 0.234 e.